The zero-order valence-corrected chi connectivity index (χ0v) is 15.0. The standard InChI is InChI=1S/C20H22N2OS/c1-20(2,3)24(23)22-19(18-10-6-7-13-21-18)17-12-11-15-8-4-5-9-16(15)14-17/h4-14,19,22H,1-3H3/t19-,24?/m0/s1. The molecule has 0 fully saturated rings. The maximum Gasteiger partial charge on any atom is 0.0979 e. The van der Waals surface area contributed by atoms with E-state index in [0.717, 1.165) is 11.3 Å². The highest BCUT2D eigenvalue weighted by Crippen LogP contribution is 2.26. The molecular weight excluding hydrogens is 316 g/mol. The molecule has 1 N–H and O–H groups in total. The Kier molecular flexibility index (Phi) is 4.78. The summed E-state index contributed by atoms with van der Waals surface area (Å²) >= 11 is 0. The van der Waals surface area contributed by atoms with Crippen LogP contribution in [0.25, 0.3) is 10.8 Å². The monoisotopic (exact) mass is 338 g/mol. The van der Waals surface area contributed by atoms with Crippen molar-refractivity contribution in [1.82, 2.24) is 9.71 Å². The van der Waals surface area contributed by atoms with Crippen molar-refractivity contribution in [3.05, 3.63) is 78.1 Å². The van der Waals surface area contributed by atoms with Crippen molar-refractivity contribution < 1.29 is 4.21 Å². The fourth-order valence-electron chi connectivity index (χ4n) is 2.52. The van der Waals surface area contributed by atoms with Gasteiger partial charge in [-0.25, -0.2) is 8.93 Å². The summed E-state index contributed by atoms with van der Waals surface area (Å²) in [5.41, 5.74) is 1.93. The van der Waals surface area contributed by atoms with Gasteiger partial charge < -0.3 is 0 Å². The van der Waals surface area contributed by atoms with E-state index >= 15 is 0 Å². The van der Waals surface area contributed by atoms with E-state index in [-0.39, 0.29) is 10.8 Å². The Morgan fingerprint density at radius 1 is 0.958 bits per heavy atom. The van der Waals surface area contributed by atoms with Crippen LogP contribution in [0.1, 0.15) is 38.1 Å². The molecule has 24 heavy (non-hydrogen) atoms. The number of nitrogens with one attached hydrogen (secondary N) is 1. The van der Waals surface area contributed by atoms with Crippen molar-refractivity contribution in [3.8, 4) is 0 Å². The smallest absolute Gasteiger partial charge is 0.0979 e. The molecule has 2 atom stereocenters. The van der Waals surface area contributed by atoms with Gasteiger partial charge in [0.2, 0.25) is 0 Å². The predicted molar refractivity (Wildman–Crippen MR) is 101 cm³/mol. The van der Waals surface area contributed by atoms with Crippen LogP contribution < -0.4 is 4.72 Å². The third kappa shape index (κ3) is 3.71. The fraction of sp³-hybridized carbons (Fsp3) is 0.250. The Morgan fingerprint density at radius 2 is 1.67 bits per heavy atom. The molecule has 0 aliphatic rings. The summed E-state index contributed by atoms with van der Waals surface area (Å²) in [6.45, 7) is 5.89. The Balaban J connectivity index is 2.04. The SMILES string of the molecule is CC(C)(C)S(=O)N[C@@H](c1ccc2ccccc2c1)c1ccccn1. The topological polar surface area (TPSA) is 42.0 Å². The van der Waals surface area contributed by atoms with Gasteiger partial charge in [0.05, 0.1) is 27.5 Å². The van der Waals surface area contributed by atoms with Crippen molar-refractivity contribution in [2.45, 2.75) is 31.6 Å². The first-order chi connectivity index (χ1) is 11.4. The van der Waals surface area contributed by atoms with E-state index in [1.807, 2.05) is 51.1 Å². The summed E-state index contributed by atoms with van der Waals surface area (Å²) in [7, 11) is -1.19. The second kappa shape index (κ2) is 6.83. The highest BCUT2D eigenvalue weighted by Gasteiger charge is 2.25. The van der Waals surface area contributed by atoms with E-state index in [4.69, 9.17) is 0 Å². The minimum atomic E-state index is -1.19. The first-order valence-electron chi connectivity index (χ1n) is 8.03. The molecule has 0 saturated carbocycles. The van der Waals surface area contributed by atoms with E-state index < -0.39 is 11.0 Å². The summed E-state index contributed by atoms with van der Waals surface area (Å²) in [5, 5.41) is 2.36. The van der Waals surface area contributed by atoms with Crippen molar-refractivity contribution in [2.75, 3.05) is 0 Å². The molecule has 124 valence electrons. The summed E-state index contributed by atoms with van der Waals surface area (Å²) in [4.78, 5) is 4.47. The molecule has 0 aliphatic carbocycles. The summed E-state index contributed by atoms with van der Waals surface area (Å²) in [5.74, 6) is 0. The number of nitrogens with zero attached hydrogens (tertiary/aromatic N) is 1. The first-order valence-corrected chi connectivity index (χ1v) is 9.18. The molecule has 3 nitrogen and oxygen atoms in total. The zero-order valence-electron chi connectivity index (χ0n) is 14.2. The Morgan fingerprint density at radius 3 is 2.33 bits per heavy atom. The number of benzene rings is 2. The molecule has 4 heteroatoms. The van der Waals surface area contributed by atoms with Crippen LogP contribution in [0.3, 0.4) is 0 Å². The van der Waals surface area contributed by atoms with Crippen LogP contribution in [-0.2, 0) is 11.0 Å². The maximum atomic E-state index is 12.7. The van der Waals surface area contributed by atoms with Crippen LogP contribution in [0.4, 0.5) is 0 Å². The lowest BCUT2D eigenvalue weighted by Crippen LogP contribution is -2.36. The molecular formula is C20H22N2OS. The fourth-order valence-corrected chi connectivity index (χ4v) is 3.34. The van der Waals surface area contributed by atoms with Gasteiger partial charge in [-0.1, -0.05) is 42.5 Å². The number of rotatable bonds is 4. The molecule has 0 spiro atoms. The molecule has 0 radical (unpaired) electrons. The average molecular weight is 338 g/mol. The van der Waals surface area contributed by atoms with Gasteiger partial charge in [-0.2, -0.15) is 0 Å². The normalized spacial score (nSPS) is 14.5. The minimum Gasteiger partial charge on any atom is -0.259 e. The Bertz CT molecular complexity index is 856. The predicted octanol–water partition coefficient (Wildman–Crippen LogP) is 4.38. The molecule has 1 heterocycles. The van der Waals surface area contributed by atoms with E-state index in [9.17, 15) is 4.21 Å². The molecule has 0 aliphatic heterocycles. The van der Waals surface area contributed by atoms with Gasteiger partial charge in [0.25, 0.3) is 0 Å². The molecule has 0 amide bonds. The van der Waals surface area contributed by atoms with Crippen LogP contribution in [0.5, 0.6) is 0 Å². The number of hydrogen-bond acceptors (Lipinski definition) is 2. The molecule has 1 unspecified atom stereocenters. The van der Waals surface area contributed by atoms with Crippen LogP contribution >= 0.6 is 0 Å². The first kappa shape index (κ1) is 16.8. The number of fused-ring (bicyclic) bond motifs is 1. The lowest BCUT2D eigenvalue weighted by molar-refractivity contribution is 0.620. The van der Waals surface area contributed by atoms with Gasteiger partial charge in [-0.3, -0.25) is 4.98 Å². The molecule has 0 bridgehead atoms. The van der Waals surface area contributed by atoms with Gasteiger partial charge in [0, 0.05) is 6.20 Å². The summed E-state index contributed by atoms with van der Waals surface area (Å²) in [6, 6.07) is 20.2. The number of pyridine rings is 1. The van der Waals surface area contributed by atoms with E-state index in [1.165, 1.54) is 10.8 Å². The average Bonchev–Trinajstić information content (AvgIpc) is 2.59. The molecule has 0 saturated heterocycles. The molecule has 3 aromatic rings. The van der Waals surface area contributed by atoms with Crippen molar-refractivity contribution >= 4 is 21.8 Å². The number of hydrogen-bond donors (Lipinski definition) is 1. The van der Waals surface area contributed by atoms with E-state index in [2.05, 4.69) is 40.0 Å². The number of aromatic nitrogens is 1. The largest absolute Gasteiger partial charge is 0.259 e. The lowest BCUT2D eigenvalue weighted by Gasteiger charge is -2.24. The van der Waals surface area contributed by atoms with Gasteiger partial charge >= 0.3 is 0 Å². The zero-order chi connectivity index (χ0) is 17.2. The summed E-state index contributed by atoms with van der Waals surface area (Å²) < 4.78 is 15.6. The second-order valence-corrected chi connectivity index (χ2v) is 8.79. The lowest BCUT2D eigenvalue weighted by atomic mass is 10.00. The van der Waals surface area contributed by atoms with E-state index in [0.29, 0.717) is 0 Å². The third-order valence-electron chi connectivity index (χ3n) is 3.87. The Hall–Kier alpha value is -2.04. The van der Waals surface area contributed by atoms with Crippen LogP contribution in [0.15, 0.2) is 66.9 Å². The van der Waals surface area contributed by atoms with Gasteiger partial charge in [0.15, 0.2) is 0 Å². The van der Waals surface area contributed by atoms with E-state index in [1.54, 1.807) is 6.20 Å². The Labute approximate surface area is 145 Å². The molecule has 2 aromatic carbocycles. The molecule has 1 aromatic heterocycles. The third-order valence-corrected chi connectivity index (χ3v) is 5.43. The van der Waals surface area contributed by atoms with Gasteiger partial charge in [-0.15, -0.1) is 0 Å². The van der Waals surface area contributed by atoms with Crippen molar-refractivity contribution in [3.63, 3.8) is 0 Å². The van der Waals surface area contributed by atoms with Gasteiger partial charge in [0.1, 0.15) is 0 Å². The molecule has 3 rings (SSSR count). The van der Waals surface area contributed by atoms with Crippen LogP contribution in [0, 0.1) is 0 Å². The minimum absolute atomic E-state index is 0.212. The van der Waals surface area contributed by atoms with Gasteiger partial charge in [-0.05, 0) is 55.3 Å². The quantitative estimate of drug-likeness (QED) is 0.767. The maximum absolute atomic E-state index is 12.7. The summed E-state index contributed by atoms with van der Waals surface area (Å²) in [6.07, 6.45) is 1.77. The van der Waals surface area contributed by atoms with Crippen LogP contribution in [-0.4, -0.2) is 13.9 Å². The second-order valence-electron chi connectivity index (χ2n) is 6.79. The van der Waals surface area contributed by atoms with Crippen molar-refractivity contribution in [2.24, 2.45) is 0 Å². The highest BCUT2D eigenvalue weighted by molar-refractivity contribution is 7.84. The van der Waals surface area contributed by atoms with Crippen LogP contribution in [0.2, 0.25) is 0 Å². The highest BCUT2D eigenvalue weighted by atomic mass is 32.2. The van der Waals surface area contributed by atoms with Crippen molar-refractivity contribution in [1.29, 1.82) is 0 Å².